The molecule has 1 atom stereocenters. The van der Waals surface area contributed by atoms with Crippen LogP contribution in [0.2, 0.25) is 0 Å². The van der Waals surface area contributed by atoms with Gasteiger partial charge in [0.1, 0.15) is 23.4 Å². The minimum atomic E-state index is -4.78. The smallest absolute Gasteiger partial charge is 0.445 e. The predicted molar refractivity (Wildman–Crippen MR) is 111 cm³/mol. The number of aromatic nitrogens is 3. The molecule has 0 unspecified atom stereocenters. The lowest BCUT2D eigenvalue weighted by atomic mass is 10.1. The van der Waals surface area contributed by atoms with Crippen molar-refractivity contribution in [3.05, 3.63) is 65.1 Å². The maximum absolute atomic E-state index is 14.7. The summed E-state index contributed by atoms with van der Waals surface area (Å²) in [5, 5.41) is 9.84. The van der Waals surface area contributed by atoms with E-state index in [4.69, 9.17) is 4.74 Å². The van der Waals surface area contributed by atoms with Gasteiger partial charge in [-0.15, -0.1) is 13.2 Å². The molecule has 2 aliphatic rings. The number of hydrogen-bond donors (Lipinski definition) is 1. The summed E-state index contributed by atoms with van der Waals surface area (Å²) in [6, 6.07) is 7.88. The van der Waals surface area contributed by atoms with Crippen molar-refractivity contribution in [3.63, 3.8) is 0 Å². The summed E-state index contributed by atoms with van der Waals surface area (Å²) in [6.07, 6.45) is -3.75. The molecule has 0 bridgehead atoms. The molecule has 0 radical (unpaired) electrons. The van der Waals surface area contributed by atoms with Gasteiger partial charge in [0.05, 0.1) is 5.56 Å². The highest BCUT2D eigenvalue weighted by molar-refractivity contribution is 5.98. The lowest BCUT2D eigenvalue weighted by Gasteiger charge is -2.20. The SMILES string of the molecule is O=C(c1ccc2n[nH]nc2c1F)N1C=C2CN(C(=O)OCc3ccc(OC(F)(F)F)cc3)C[C@@H]2C1. The van der Waals surface area contributed by atoms with Crippen LogP contribution in [0.15, 0.2) is 48.2 Å². The summed E-state index contributed by atoms with van der Waals surface area (Å²) < 4.78 is 60.4. The number of rotatable bonds is 4. The number of nitrogens with one attached hydrogen (secondary N) is 1. The molecule has 2 amide bonds. The normalized spacial score (nSPS) is 17.5. The van der Waals surface area contributed by atoms with Gasteiger partial charge < -0.3 is 19.3 Å². The van der Waals surface area contributed by atoms with Gasteiger partial charge in [-0.05, 0) is 35.4 Å². The van der Waals surface area contributed by atoms with Gasteiger partial charge in [-0.2, -0.15) is 15.4 Å². The third-order valence-corrected chi connectivity index (χ3v) is 5.77. The number of halogens is 4. The average molecular weight is 491 g/mol. The summed E-state index contributed by atoms with van der Waals surface area (Å²) in [5.41, 5.74) is 1.52. The molecule has 1 fully saturated rings. The lowest BCUT2D eigenvalue weighted by molar-refractivity contribution is -0.274. The first kappa shape index (κ1) is 22.6. The number of amides is 2. The summed E-state index contributed by atoms with van der Waals surface area (Å²) >= 11 is 0. The van der Waals surface area contributed by atoms with Crippen molar-refractivity contribution in [3.8, 4) is 5.75 Å². The Morgan fingerprint density at radius 1 is 1.09 bits per heavy atom. The summed E-state index contributed by atoms with van der Waals surface area (Å²) in [5.74, 6) is -1.74. The van der Waals surface area contributed by atoms with Gasteiger partial charge >= 0.3 is 12.5 Å². The van der Waals surface area contributed by atoms with Gasteiger partial charge in [0.15, 0.2) is 5.82 Å². The molecule has 0 aliphatic carbocycles. The van der Waals surface area contributed by atoms with Crippen molar-refractivity contribution in [2.75, 3.05) is 19.6 Å². The molecule has 13 heteroatoms. The predicted octanol–water partition coefficient (Wildman–Crippen LogP) is 3.60. The van der Waals surface area contributed by atoms with Crippen LogP contribution in [0.3, 0.4) is 0 Å². The Morgan fingerprint density at radius 3 is 2.57 bits per heavy atom. The first-order chi connectivity index (χ1) is 16.7. The number of carbonyl (C=O) groups is 2. The fourth-order valence-corrected chi connectivity index (χ4v) is 4.11. The zero-order chi connectivity index (χ0) is 24.7. The van der Waals surface area contributed by atoms with Gasteiger partial charge in [-0.1, -0.05) is 12.1 Å². The molecule has 3 heterocycles. The molecule has 9 nitrogen and oxygen atoms in total. The number of nitrogens with zero attached hydrogens (tertiary/aromatic N) is 4. The highest BCUT2D eigenvalue weighted by Crippen LogP contribution is 2.32. The van der Waals surface area contributed by atoms with E-state index in [9.17, 15) is 27.2 Å². The number of fused-ring (bicyclic) bond motifs is 2. The molecule has 0 spiro atoms. The van der Waals surface area contributed by atoms with Crippen molar-refractivity contribution < 1.29 is 36.6 Å². The monoisotopic (exact) mass is 491 g/mol. The van der Waals surface area contributed by atoms with Crippen LogP contribution < -0.4 is 4.74 Å². The van der Waals surface area contributed by atoms with Crippen LogP contribution in [0.5, 0.6) is 5.75 Å². The summed E-state index contributed by atoms with van der Waals surface area (Å²) in [7, 11) is 0. The summed E-state index contributed by atoms with van der Waals surface area (Å²) in [4.78, 5) is 28.2. The molecule has 0 saturated carbocycles. The van der Waals surface area contributed by atoms with Crippen molar-refractivity contribution >= 4 is 23.0 Å². The first-order valence-corrected chi connectivity index (χ1v) is 10.4. The van der Waals surface area contributed by atoms with Crippen LogP contribution in [0.4, 0.5) is 22.4 Å². The van der Waals surface area contributed by atoms with E-state index in [1.807, 2.05) is 0 Å². The fraction of sp³-hybridized carbons (Fsp3) is 0.273. The van der Waals surface area contributed by atoms with E-state index < -0.39 is 24.2 Å². The molecule has 182 valence electrons. The van der Waals surface area contributed by atoms with Gasteiger partial charge in [0.25, 0.3) is 5.91 Å². The minimum absolute atomic E-state index is 0.0145. The Morgan fingerprint density at radius 2 is 1.86 bits per heavy atom. The Labute approximate surface area is 194 Å². The van der Waals surface area contributed by atoms with Crippen LogP contribution in [0.1, 0.15) is 15.9 Å². The number of aromatic amines is 1. The zero-order valence-corrected chi connectivity index (χ0v) is 17.9. The molecule has 1 saturated heterocycles. The highest BCUT2D eigenvalue weighted by Gasteiger charge is 2.38. The first-order valence-electron chi connectivity index (χ1n) is 10.4. The highest BCUT2D eigenvalue weighted by atomic mass is 19.4. The minimum Gasteiger partial charge on any atom is -0.445 e. The van der Waals surface area contributed by atoms with Gasteiger partial charge in [0, 0.05) is 31.8 Å². The molecule has 5 rings (SSSR count). The van der Waals surface area contributed by atoms with E-state index in [0.29, 0.717) is 17.6 Å². The van der Waals surface area contributed by atoms with Crippen LogP contribution in [-0.4, -0.2) is 63.2 Å². The lowest BCUT2D eigenvalue weighted by Crippen LogP contribution is -2.33. The fourth-order valence-electron chi connectivity index (χ4n) is 4.11. The molecule has 1 N–H and O–H groups in total. The van der Waals surface area contributed by atoms with Crippen LogP contribution in [0, 0.1) is 11.7 Å². The molecule has 2 aromatic carbocycles. The molecular weight excluding hydrogens is 474 g/mol. The molecule has 35 heavy (non-hydrogen) atoms. The van der Waals surface area contributed by atoms with E-state index in [1.54, 1.807) is 6.20 Å². The summed E-state index contributed by atoms with van der Waals surface area (Å²) in [6.45, 7) is 0.725. The van der Waals surface area contributed by atoms with E-state index in [0.717, 1.165) is 17.7 Å². The Hall–Kier alpha value is -4.16. The van der Waals surface area contributed by atoms with E-state index in [2.05, 4.69) is 20.1 Å². The van der Waals surface area contributed by atoms with Crippen molar-refractivity contribution in [2.45, 2.75) is 13.0 Å². The second-order valence-corrected chi connectivity index (χ2v) is 8.10. The largest absolute Gasteiger partial charge is 0.573 e. The van der Waals surface area contributed by atoms with Crippen molar-refractivity contribution in [2.24, 2.45) is 5.92 Å². The average Bonchev–Trinajstić information content (AvgIpc) is 3.52. The Kier molecular flexibility index (Phi) is 5.53. The molecular formula is C22H17F4N5O4. The van der Waals surface area contributed by atoms with E-state index in [-0.39, 0.29) is 42.4 Å². The quantitative estimate of drug-likeness (QED) is 0.560. The number of H-pyrrole nitrogens is 1. The van der Waals surface area contributed by atoms with Crippen LogP contribution in [0.25, 0.3) is 11.0 Å². The number of likely N-dealkylation sites (tertiary alicyclic amines) is 1. The van der Waals surface area contributed by atoms with E-state index in [1.165, 1.54) is 34.1 Å². The number of hydrogen-bond acceptors (Lipinski definition) is 6. The second-order valence-electron chi connectivity index (χ2n) is 8.10. The standard InChI is InChI=1S/C22H17F4N5O4/c23-18-16(5-6-17-19(18)28-29-27-17)20(32)30-7-13-9-31(10-14(13)8-30)21(33)34-11-12-1-3-15(4-2-12)35-22(24,25)26/h1-7,14H,8-11H2,(H,27,28,29)/t14-/m0/s1. The zero-order valence-electron chi connectivity index (χ0n) is 17.9. The van der Waals surface area contributed by atoms with Crippen LogP contribution in [-0.2, 0) is 11.3 Å². The number of ether oxygens (including phenoxy) is 2. The number of carbonyl (C=O) groups excluding carboxylic acids is 2. The van der Waals surface area contributed by atoms with Crippen molar-refractivity contribution in [1.82, 2.24) is 25.2 Å². The Balaban J connectivity index is 1.17. The van der Waals surface area contributed by atoms with Gasteiger partial charge in [0.2, 0.25) is 0 Å². The Bertz CT molecular complexity index is 1320. The van der Waals surface area contributed by atoms with Gasteiger partial charge in [-0.3, -0.25) is 4.79 Å². The van der Waals surface area contributed by atoms with E-state index >= 15 is 0 Å². The van der Waals surface area contributed by atoms with Gasteiger partial charge in [-0.25, -0.2) is 9.18 Å². The third kappa shape index (κ3) is 4.61. The maximum atomic E-state index is 14.7. The molecule has 2 aliphatic heterocycles. The van der Waals surface area contributed by atoms with Crippen molar-refractivity contribution in [1.29, 1.82) is 0 Å². The third-order valence-electron chi connectivity index (χ3n) is 5.77. The molecule has 1 aromatic heterocycles. The number of alkyl halides is 3. The topological polar surface area (TPSA) is 101 Å². The maximum Gasteiger partial charge on any atom is 0.573 e. The number of benzene rings is 2. The molecule has 3 aromatic rings. The second kappa shape index (κ2) is 8.56. The van der Waals surface area contributed by atoms with Crippen LogP contribution >= 0.6 is 0 Å².